The third-order valence-corrected chi connectivity index (χ3v) is 5.97. The van der Waals surface area contributed by atoms with Gasteiger partial charge in [0.05, 0.1) is 17.1 Å². The van der Waals surface area contributed by atoms with Crippen LogP contribution in [0.15, 0.2) is 0 Å². The zero-order valence-electron chi connectivity index (χ0n) is 9.82. The van der Waals surface area contributed by atoms with Crippen molar-refractivity contribution < 1.29 is 13.5 Å². The summed E-state index contributed by atoms with van der Waals surface area (Å²) in [7, 11) is -2.75. The first-order valence-electron chi connectivity index (χ1n) is 6.42. The van der Waals surface area contributed by atoms with Crippen molar-refractivity contribution in [2.75, 3.05) is 11.5 Å². The molecule has 3 nitrogen and oxygen atoms in total. The number of hydrogen-bond acceptors (Lipinski definition) is 3. The van der Waals surface area contributed by atoms with Crippen LogP contribution in [0.4, 0.5) is 0 Å². The van der Waals surface area contributed by atoms with Gasteiger partial charge in [-0.05, 0) is 38.0 Å². The summed E-state index contributed by atoms with van der Waals surface area (Å²) in [5.74, 6) is 1.01. The van der Waals surface area contributed by atoms with Gasteiger partial charge in [0.15, 0.2) is 9.84 Å². The first kappa shape index (κ1) is 12.4. The third-order valence-electron chi connectivity index (χ3n) is 4.13. The third kappa shape index (κ3) is 3.20. The Balaban J connectivity index is 1.79. The Morgan fingerprint density at radius 2 is 1.88 bits per heavy atom. The Kier molecular flexibility index (Phi) is 3.59. The highest BCUT2D eigenvalue weighted by atomic mass is 32.2. The first-order chi connectivity index (χ1) is 7.49. The van der Waals surface area contributed by atoms with Crippen molar-refractivity contribution in [3.05, 3.63) is 0 Å². The average molecular weight is 246 g/mol. The van der Waals surface area contributed by atoms with Gasteiger partial charge in [0.1, 0.15) is 0 Å². The molecule has 1 aliphatic heterocycles. The molecule has 2 fully saturated rings. The number of sulfone groups is 1. The Morgan fingerprint density at radius 3 is 2.44 bits per heavy atom. The molecular weight excluding hydrogens is 224 g/mol. The molecule has 1 aliphatic carbocycles. The number of aliphatic hydroxyl groups is 1. The van der Waals surface area contributed by atoms with Crippen LogP contribution >= 0.6 is 0 Å². The number of hydrogen-bond donors (Lipinski definition) is 1. The monoisotopic (exact) mass is 246 g/mol. The highest BCUT2D eigenvalue weighted by Gasteiger charge is 2.33. The van der Waals surface area contributed by atoms with E-state index in [4.69, 9.17) is 0 Å². The molecule has 1 N–H and O–H groups in total. The van der Waals surface area contributed by atoms with Gasteiger partial charge in [-0.25, -0.2) is 8.42 Å². The highest BCUT2D eigenvalue weighted by Crippen LogP contribution is 2.34. The molecular formula is C12H22O3S. The molecule has 1 unspecified atom stereocenters. The summed E-state index contributed by atoms with van der Waals surface area (Å²) in [6.07, 6.45) is 7.79. The van der Waals surface area contributed by atoms with E-state index in [-0.39, 0.29) is 0 Å². The standard InChI is InChI=1S/C12H22O3S/c13-12(6-2-1-3-7-12)8-4-11-5-9-16(14,15)10-11/h11,13H,1-10H2. The molecule has 0 radical (unpaired) electrons. The molecule has 0 aromatic heterocycles. The minimum Gasteiger partial charge on any atom is -0.390 e. The molecule has 0 aromatic carbocycles. The summed E-state index contributed by atoms with van der Waals surface area (Å²) in [5.41, 5.74) is -0.482. The highest BCUT2D eigenvalue weighted by molar-refractivity contribution is 7.91. The van der Waals surface area contributed by atoms with E-state index in [1.807, 2.05) is 0 Å². The van der Waals surface area contributed by atoms with E-state index >= 15 is 0 Å². The average Bonchev–Trinajstić information content (AvgIpc) is 2.57. The van der Waals surface area contributed by atoms with Crippen molar-refractivity contribution in [3.63, 3.8) is 0 Å². The fourth-order valence-corrected chi connectivity index (χ4v) is 4.94. The van der Waals surface area contributed by atoms with Gasteiger partial charge in [0.25, 0.3) is 0 Å². The van der Waals surface area contributed by atoms with Gasteiger partial charge >= 0.3 is 0 Å². The van der Waals surface area contributed by atoms with Crippen LogP contribution < -0.4 is 0 Å². The molecule has 1 heterocycles. The lowest BCUT2D eigenvalue weighted by Gasteiger charge is -2.32. The molecule has 1 saturated carbocycles. The van der Waals surface area contributed by atoms with E-state index in [0.29, 0.717) is 17.4 Å². The second-order valence-electron chi connectivity index (χ2n) is 5.59. The molecule has 16 heavy (non-hydrogen) atoms. The first-order valence-corrected chi connectivity index (χ1v) is 8.24. The summed E-state index contributed by atoms with van der Waals surface area (Å²) >= 11 is 0. The predicted octanol–water partition coefficient (Wildman–Crippen LogP) is 1.90. The summed E-state index contributed by atoms with van der Waals surface area (Å²) in [4.78, 5) is 0. The van der Waals surface area contributed by atoms with Crippen LogP contribution in [0.5, 0.6) is 0 Å². The van der Waals surface area contributed by atoms with Crippen LogP contribution in [-0.2, 0) is 9.84 Å². The van der Waals surface area contributed by atoms with E-state index in [0.717, 1.165) is 44.9 Å². The normalized spacial score (nSPS) is 32.7. The maximum Gasteiger partial charge on any atom is 0.150 e. The minimum atomic E-state index is -2.75. The second-order valence-corrected chi connectivity index (χ2v) is 7.82. The fraction of sp³-hybridized carbons (Fsp3) is 1.00. The topological polar surface area (TPSA) is 54.4 Å². The van der Waals surface area contributed by atoms with Crippen LogP contribution in [0.1, 0.15) is 51.4 Å². The van der Waals surface area contributed by atoms with Crippen molar-refractivity contribution >= 4 is 9.84 Å². The Morgan fingerprint density at radius 1 is 1.19 bits per heavy atom. The molecule has 2 rings (SSSR count). The van der Waals surface area contributed by atoms with Gasteiger partial charge in [0, 0.05) is 0 Å². The Bertz CT molecular complexity index is 328. The zero-order chi connectivity index (χ0) is 11.6. The Hall–Kier alpha value is -0.0900. The van der Waals surface area contributed by atoms with Gasteiger partial charge < -0.3 is 5.11 Å². The second kappa shape index (κ2) is 4.65. The maximum atomic E-state index is 11.3. The molecule has 0 aromatic rings. The van der Waals surface area contributed by atoms with Gasteiger partial charge in [0.2, 0.25) is 0 Å². The van der Waals surface area contributed by atoms with E-state index in [1.165, 1.54) is 6.42 Å². The van der Waals surface area contributed by atoms with Gasteiger partial charge in [-0.1, -0.05) is 19.3 Å². The fourth-order valence-electron chi connectivity index (χ4n) is 3.03. The van der Waals surface area contributed by atoms with Crippen LogP contribution in [0, 0.1) is 5.92 Å². The molecule has 0 spiro atoms. The molecule has 1 atom stereocenters. The van der Waals surface area contributed by atoms with Gasteiger partial charge in [-0.3, -0.25) is 0 Å². The minimum absolute atomic E-state index is 0.302. The molecule has 1 saturated heterocycles. The molecule has 0 amide bonds. The van der Waals surface area contributed by atoms with E-state index < -0.39 is 15.4 Å². The zero-order valence-corrected chi connectivity index (χ0v) is 10.6. The van der Waals surface area contributed by atoms with Crippen LogP contribution in [0.25, 0.3) is 0 Å². The summed E-state index contributed by atoms with van der Waals surface area (Å²) in [5, 5.41) is 10.3. The SMILES string of the molecule is O=S1(=O)CCC(CCC2(O)CCCCC2)C1. The van der Waals surface area contributed by atoms with Crippen molar-refractivity contribution in [1.29, 1.82) is 0 Å². The quantitative estimate of drug-likeness (QED) is 0.827. The van der Waals surface area contributed by atoms with Crippen LogP contribution in [-0.4, -0.2) is 30.6 Å². The van der Waals surface area contributed by atoms with Crippen molar-refractivity contribution in [3.8, 4) is 0 Å². The van der Waals surface area contributed by atoms with Gasteiger partial charge in [-0.15, -0.1) is 0 Å². The predicted molar refractivity (Wildman–Crippen MR) is 64.0 cm³/mol. The van der Waals surface area contributed by atoms with Crippen molar-refractivity contribution in [2.45, 2.75) is 57.0 Å². The Labute approximate surface area is 98.2 Å². The molecule has 2 aliphatic rings. The van der Waals surface area contributed by atoms with Crippen molar-refractivity contribution in [1.82, 2.24) is 0 Å². The van der Waals surface area contributed by atoms with Crippen LogP contribution in [0.3, 0.4) is 0 Å². The lowest BCUT2D eigenvalue weighted by Crippen LogP contribution is -2.31. The molecule has 94 valence electrons. The maximum absolute atomic E-state index is 11.3. The van der Waals surface area contributed by atoms with Crippen molar-refractivity contribution in [2.24, 2.45) is 5.92 Å². The summed E-state index contributed by atoms with van der Waals surface area (Å²) < 4.78 is 22.6. The lowest BCUT2D eigenvalue weighted by molar-refractivity contribution is -0.00823. The molecule has 4 heteroatoms. The largest absolute Gasteiger partial charge is 0.390 e. The molecule has 0 bridgehead atoms. The van der Waals surface area contributed by atoms with Crippen LogP contribution in [0.2, 0.25) is 0 Å². The summed E-state index contributed by atoms with van der Waals surface area (Å²) in [6, 6.07) is 0. The van der Waals surface area contributed by atoms with E-state index in [1.54, 1.807) is 0 Å². The van der Waals surface area contributed by atoms with E-state index in [9.17, 15) is 13.5 Å². The summed E-state index contributed by atoms with van der Waals surface area (Å²) in [6.45, 7) is 0. The smallest absolute Gasteiger partial charge is 0.150 e. The van der Waals surface area contributed by atoms with E-state index in [2.05, 4.69) is 0 Å². The van der Waals surface area contributed by atoms with Gasteiger partial charge in [-0.2, -0.15) is 0 Å². The lowest BCUT2D eigenvalue weighted by atomic mass is 9.80. The number of rotatable bonds is 3.